The normalized spacial score (nSPS) is 42.9. The van der Waals surface area contributed by atoms with Crippen LogP contribution in [0.25, 0.3) is 0 Å². The maximum absolute atomic E-state index is 12.1. The van der Waals surface area contributed by atoms with Gasteiger partial charge in [-0.2, -0.15) is 0 Å². The van der Waals surface area contributed by atoms with Crippen LogP contribution in [0.15, 0.2) is 11.6 Å². The highest BCUT2D eigenvalue weighted by Gasteiger charge is 2.58. The molecule has 4 aliphatic carbocycles. The topological polar surface area (TPSA) is 17.1 Å². The quantitative estimate of drug-likeness (QED) is 0.401. The lowest BCUT2D eigenvalue weighted by Crippen LogP contribution is -2.49. The Bertz CT molecular complexity index is 674. The van der Waals surface area contributed by atoms with Crippen molar-refractivity contribution in [1.82, 2.24) is 0 Å². The van der Waals surface area contributed by atoms with Crippen LogP contribution in [0.2, 0.25) is 0 Å². The van der Waals surface area contributed by atoms with E-state index in [9.17, 15) is 4.79 Å². The highest BCUT2D eigenvalue weighted by molar-refractivity contribution is 5.79. The van der Waals surface area contributed by atoms with Gasteiger partial charge in [0.1, 0.15) is 5.78 Å². The minimum absolute atomic E-state index is 0.397. The summed E-state index contributed by atoms with van der Waals surface area (Å²) in [6.07, 6.45) is 16.5. The molecule has 0 aromatic heterocycles. The molecule has 0 aliphatic heterocycles. The number of fused-ring (bicyclic) bond motifs is 5. The molecule has 0 aromatic carbocycles. The van der Waals surface area contributed by atoms with Crippen molar-refractivity contribution < 1.29 is 4.79 Å². The molecule has 30 heavy (non-hydrogen) atoms. The summed E-state index contributed by atoms with van der Waals surface area (Å²) in [7, 11) is 0. The van der Waals surface area contributed by atoms with Gasteiger partial charge in [-0.25, -0.2) is 0 Å². The predicted octanol–water partition coefficient (Wildman–Crippen LogP) is 8.23. The largest absolute Gasteiger partial charge is 0.300 e. The maximum Gasteiger partial charge on any atom is 0.133 e. The van der Waals surface area contributed by atoms with Crippen LogP contribution in [-0.4, -0.2) is 5.78 Å². The van der Waals surface area contributed by atoms with Gasteiger partial charge in [-0.1, -0.05) is 66.0 Å². The fourth-order valence-corrected chi connectivity index (χ4v) is 8.97. The van der Waals surface area contributed by atoms with Crippen LogP contribution in [0.1, 0.15) is 112 Å². The van der Waals surface area contributed by atoms with Gasteiger partial charge >= 0.3 is 0 Å². The minimum Gasteiger partial charge on any atom is -0.300 e. The molecule has 3 saturated carbocycles. The molecule has 0 spiro atoms. The molecule has 4 aliphatic rings. The van der Waals surface area contributed by atoms with Gasteiger partial charge in [-0.15, -0.1) is 0 Å². The second-order valence-corrected chi connectivity index (χ2v) is 12.7. The number of carbonyl (C=O) groups excluding carboxylic acids is 1. The number of ketones is 1. The lowest BCUT2D eigenvalue weighted by atomic mass is 9.47. The first kappa shape index (κ1) is 22.6. The Morgan fingerprint density at radius 1 is 1.00 bits per heavy atom. The highest BCUT2D eigenvalue weighted by Crippen LogP contribution is 2.66. The molecule has 0 radical (unpaired) electrons. The standard InChI is InChI=1S/C29H48O/c1-7-21(19(2)3)9-8-20(4)25-12-13-26-24-11-10-22-18-23(30)14-16-28(22,5)27(24)15-17-29(25,26)6/h11,19-22,25-27H,7-10,12-18H2,1-6H3/t20?,21?,22?,25?,26?,27?,28-,29+/m0/s1. The molecular formula is C29H48O. The summed E-state index contributed by atoms with van der Waals surface area (Å²) in [5.41, 5.74) is 2.77. The van der Waals surface area contributed by atoms with Gasteiger partial charge in [0.05, 0.1) is 0 Å². The predicted molar refractivity (Wildman–Crippen MR) is 127 cm³/mol. The van der Waals surface area contributed by atoms with E-state index < -0.39 is 0 Å². The summed E-state index contributed by atoms with van der Waals surface area (Å²) in [6.45, 7) is 15.0. The van der Waals surface area contributed by atoms with Gasteiger partial charge in [-0.3, -0.25) is 4.79 Å². The van der Waals surface area contributed by atoms with Crippen LogP contribution in [0.4, 0.5) is 0 Å². The molecule has 4 rings (SSSR count). The van der Waals surface area contributed by atoms with Crippen LogP contribution < -0.4 is 0 Å². The van der Waals surface area contributed by atoms with Crippen molar-refractivity contribution >= 4 is 5.78 Å². The summed E-state index contributed by atoms with van der Waals surface area (Å²) in [6, 6.07) is 0. The Hall–Kier alpha value is -0.590. The summed E-state index contributed by atoms with van der Waals surface area (Å²) in [5.74, 6) is 6.24. The Morgan fingerprint density at radius 3 is 2.43 bits per heavy atom. The fourth-order valence-electron chi connectivity index (χ4n) is 8.97. The summed E-state index contributed by atoms with van der Waals surface area (Å²) < 4.78 is 0. The zero-order chi connectivity index (χ0) is 21.7. The molecule has 0 saturated heterocycles. The Labute approximate surface area is 186 Å². The number of rotatable bonds is 6. The number of Topliss-reactive ketones (excluding diaryl/α,β-unsaturated/α-hetero) is 1. The van der Waals surface area contributed by atoms with Crippen molar-refractivity contribution in [2.75, 3.05) is 0 Å². The summed E-state index contributed by atoms with van der Waals surface area (Å²) in [5, 5.41) is 0. The lowest BCUT2D eigenvalue weighted by Gasteiger charge is -2.57. The van der Waals surface area contributed by atoms with E-state index in [1.807, 2.05) is 5.57 Å². The van der Waals surface area contributed by atoms with E-state index >= 15 is 0 Å². The van der Waals surface area contributed by atoms with Gasteiger partial charge in [0.25, 0.3) is 0 Å². The second kappa shape index (κ2) is 8.40. The molecule has 6 unspecified atom stereocenters. The smallest absolute Gasteiger partial charge is 0.133 e. The van der Waals surface area contributed by atoms with E-state index in [4.69, 9.17) is 0 Å². The molecule has 0 N–H and O–H groups in total. The molecule has 3 fully saturated rings. The molecule has 0 heterocycles. The van der Waals surface area contributed by atoms with Crippen molar-refractivity contribution in [3.05, 3.63) is 11.6 Å². The van der Waals surface area contributed by atoms with Crippen LogP contribution >= 0.6 is 0 Å². The molecule has 170 valence electrons. The van der Waals surface area contributed by atoms with Crippen LogP contribution in [0.5, 0.6) is 0 Å². The van der Waals surface area contributed by atoms with Gasteiger partial charge in [0.15, 0.2) is 0 Å². The average molecular weight is 413 g/mol. The second-order valence-electron chi connectivity index (χ2n) is 12.7. The monoisotopic (exact) mass is 412 g/mol. The van der Waals surface area contributed by atoms with E-state index in [1.54, 1.807) is 0 Å². The summed E-state index contributed by atoms with van der Waals surface area (Å²) >= 11 is 0. The van der Waals surface area contributed by atoms with E-state index in [0.29, 0.717) is 22.5 Å². The number of hydrogen-bond donors (Lipinski definition) is 0. The van der Waals surface area contributed by atoms with Crippen molar-refractivity contribution in [2.24, 2.45) is 52.3 Å². The maximum atomic E-state index is 12.1. The van der Waals surface area contributed by atoms with E-state index in [1.165, 1.54) is 51.4 Å². The van der Waals surface area contributed by atoms with Crippen molar-refractivity contribution in [2.45, 2.75) is 112 Å². The lowest BCUT2D eigenvalue weighted by molar-refractivity contribution is -0.127. The molecular weight excluding hydrogens is 364 g/mol. The highest BCUT2D eigenvalue weighted by atomic mass is 16.1. The molecule has 0 amide bonds. The summed E-state index contributed by atoms with van der Waals surface area (Å²) in [4.78, 5) is 12.1. The Balaban J connectivity index is 1.49. The van der Waals surface area contributed by atoms with Crippen molar-refractivity contribution in [1.29, 1.82) is 0 Å². The average Bonchev–Trinajstić information content (AvgIpc) is 3.06. The molecule has 0 bridgehead atoms. The zero-order valence-electron chi connectivity index (χ0n) is 20.8. The van der Waals surface area contributed by atoms with Crippen LogP contribution in [0, 0.1) is 52.3 Å². The van der Waals surface area contributed by atoms with E-state index in [2.05, 4.69) is 47.6 Å². The molecule has 8 atom stereocenters. The Morgan fingerprint density at radius 2 is 1.73 bits per heavy atom. The minimum atomic E-state index is 0.397. The van der Waals surface area contributed by atoms with E-state index in [0.717, 1.165) is 54.8 Å². The first-order valence-electron chi connectivity index (χ1n) is 13.4. The third-order valence-corrected chi connectivity index (χ3v) is 11.1. The van der Waals surface area contributed by atoms with Gasteiger partial charge in [-0.05, 0) is 97.2 Å². The SMILES string of the molecule is CCC(CCC(C)C1CCC2C3=CCC4CC(=O)CC[C@]4(C)C3CC[C@@]21C)C(C)C. The van der Waals surface area contributed by atoms with Crippen LogP contribution in [0.3, 0.4) is 0 Å². The first-order valence-corrected chi connectivity index (χ1v) is 13.4. The van der Waals surface area contributed by atoms with Crippen molar-refractivity contribution in [3.8, 4) is 0 Å². The Kier molecular flexibility index (Phi) is 6.33. The zero-order valence-corrected chi connectivity index (χ0v) is 20.8. The number of hydrogen-bond acceptors (Lipinski definition) is 1. The molecule has 1 heteroatoms. The third kappa shape index (κ3) is 3.65. The van der Waals surface area contributed by atoms with Crippen molar-refractivity contribution in [3.63, 3.8) is 0 Å². The molecule has 1 nitrogen and oxygen atoms in total. The molecule has 0 aromatic rings. The van der Waals surface area contributed by atoms with Gasteiger partial charge in [0.2, 0.25) is 0 Å². The number of carbonyl (C=O) groups is 1. The fraction of sp³-hybridized carbons (Fsp3) is 0.897. The number of allylic oxidation sites excluding steroid dienone is 2. The van der Waals surface area contributed by atoms with E-state index in [-0.39, 0.29) is 0 Å². The van der Waals surface area contributed by atoms with Gasteiger partial charge in [0, 0.05) is 12.8 Å². The van der Waals surface area contributed by atoms with Gasteiger partial charge < -0.3 is 0 Å². The van der Waals surface area contributed by atoms with Crippen LogP contribution in [-0.2, 0) is 4.79 Å². The third-order valence-electron chi connectivity index (χ3n) is 11.1. The first-order chi connectivity index (χ1) is 14.2.